The normalized spacial score (nSPS) is 19.5. The summed E-state index contributed by atoms with van der Waals surface area (Å²) in [5.74, 6) is -0.154. The zero-order valence-corrected chi connectivity index (χ0v) is 18.1. The highest BCUT2D eigenvalue weighted by Crippen LogP contribution is 2.28. The molecule has 1 atom stereocenters. The molecular weight excluding hydrogens is 416 g/mol. The van der Waals surface area contributed by atoms with E-state index in [4.69, 9.17) is 11.6 Å². The summed E-state index contributed by atoms with van der Waals surface area (Å²) < 4.78 is 0. The van der Waals surface area contributed by atoms with E-state index in [0.29, 0.717) is 43.3 Å². The molecule has 3 amide bonds. The molecule has 2 aliphatic rings. The Bertz CT molecular complexity index is 969. The lowest BCUT2D eigenvalue weighted by Crippen LogP contribution is -2.44. The van der Waals surface area contributed by atoms with Crippen LogP contribution in [0, 0.1) is 18.8 Å². The third-order valence-corrected chi connectivity index (χ3v) is 6.20. The Morgan fingerprint density at radius 2 is 1.77 bits per heavy atom. The van der Waals surface area contributed by atoms with Gasteiger partial charge in [0.25, 0.3) is 0 Å². The number of nitrogens with one attached hydrogen (secondary N) is 1. The van der Waals surface area contributed by atoms with Gasteiger partial charge in [-0.2, -0.15) is 0 Å². The van der Waals surface area contributed by atoms with Crippen LogP contribution >= 0.6 is 11.6 Å². The molecule has 7 nitrogen and oxygen atoms in total. The number of piperidine rings is 1. The van der Waals surface area contributed by atoms with E-state index in [1.165, 1.54) is 6.20 Å². The van der Waals surface area contributed by atoms with Gasteiger partial charge < -0.3 is 15.1 Å². The highest BCUT2D eigenvalue weighted by Gasteiger charge is 2.38. The number of pyridine rings is 1. The highest BCUT2D eigenvalue weighted by molar-refractivity contribution is 6.30. The maximum Gasteiger partial charge on any atom is 0.228 e. The van der Waals surface area contributed by atoms with Gasteiger partial charge in [0.05, 0.1) is 10.9 Å². The predicted octanol–water partition coefficient (Wildman–Crippen LogP) is 3.27. The molecule has 0 saturated carbocycles. The second-order valence-corrected chi connectivity index (χ2v) is 8.63. The number of carbonyl (C=O) groups excluding carboxylic acids is 3. The summed E-state index contributed by atoms with van der Waals surface area (Å²) in [6.07, 6.45) is 2.90. The third kappa shape index (κ3) is 4.88. The fraction of sp³-hybridized carbons (Fsp3) is 0.391. The van der Waals surface area contributed by atoms with Crippen LogP contribution in [-0.4, -0.2) is 47.2 Å². The van der Waals surface area contributed by atoms with Gasteiger partial charge in [0, 0.05) is 43.9 Å². The van der Waals surface area contributed by atoms with Crippen molar-refractivity contribution in [2.75, 3.05) is 29.9 Å². The number of carbonyl (C=O) groups is 3. The van der Waals surface area contributed by atoms with Crippen LogP contribution < -0.4 is 10.2 Å². The van der Waals surface area contributed by atoms with Crippen molar-refractivity contribution in [3.63, 3.8) is 0 Å². The van der Waals surface area contributed by atoms with Gasteiger partial charge in [0.15, 0.2) is 0 Å². The third-order valence-electron chi connectivity index (χ3n) is 5.98. The first-order valence-corrected chi connectivity index (χ1v) is 10.9. The SMILES string of the molecule is Cc1ccc(N2CC(C(=O)N3CCC(C(=O)Nc4ccc(Cl)cn4)CC3)CC2=O)cc1. The zero-order valence-electron chi connectivity index (χ0n) is 17.4. The number of aromatic nitrogens is 1. The summed E-state index contributed by atoms with van der Waals surface area (Å²) in [6.45, 7) is 3.43. The smallest absolute Gasteiger partial charge is 0.228 e. The Morgan fingerprint density at radius 1 is 1.06 bits per heavy atom. The summed E-state index contributed by atoms with van der Waals surface area (Å²) in [5.41, 5.74) is 1.96. The van der Waals surface area contributed by atoms with Crippen LogP contribution in [0.1, 0.15) is 24.8 Å². The molecule has 0 radical (unpaired) electrons. The zero-order chi connectivity index (χ0) is 22.0. The van der Waals surface area contributed by atoms with Crippen molar-refractivity contribution in [1.29, 1.82) is 0 Å². The molecule has 31 heavy (non-hydrogen) atoms. The van der Waals surface area contributed by atoms with Crippen LogP contribution in [0.15, 0.2) is 42.6 Å². The van der Waals surface area contributed by atoms with Crippen LogP contribution in [0.2, 0.25) is 5.02 Å². The molecule has 8 heteroatoms. The minimum absolute atomic E-state index is 0.00110. The van der Waals surface area contributed by atoms with Crippen LogP contribution in [0.25, 0.3) is 0 Å². The molecule has 2 aromatic rings. The molecule has 1 unspecified atom stereocenters. The Hall–Kier alpha value is -2.93. The Labute approximate surface area is 186 Å². The molecule has 2 aliphatic heterocycles. The van der Waals surface area contributed by atoms with Crippen molar-refractivity contribution in [2.45, 2.75) is 26.2 Å². The summed E-state index contributed by atoms with van der Waals surface area (Å²) >= 11 is 5.82. The van der Waals surface area contributed by atoms with Gasteiger partial charge in [-0.05, 0) is 44.0 Å². The van der Waals surface area contributed by atoms with E-state index in [-0.39, 0.29) is 36.0 Å². The number of likely N-dealkylation sites (tertiary alicyclic amines) is 1. The fourth-order valence-corrected chi connectivity index (χ4v) is 4.26. The average molecular weight is 441 g/mol. The fourth-order valence-electron chi connectivity index (χ4n) is 4.15. The number of rotatable bonds is 4. The predicted molar refractivity (Wildman–Crippen MR) is 119 cm³/mol. The number of hydrogen-bond donors (Lipinski definition) is 1. The van der Waals surface area contributed by atoms with E-state index < -0.39 is 0 Å². The first kappa shape index (κ1) is 21.3. The van der Waals surface area contributed by atoms with Gasteiger partial charge in [-0.1, -0.05) is 29.3 Å². The van der Waals surface area contributed by atoms with Gasteiger partial charge in [-0.3, -0.25) is 14.4 Å². The van der Waals surface area contributed by atoms with Gasteiger partial charge in [0.1, 0.15) is 5.82 Å². The van der Waals surface area contributed by atoms with Crippen molar-refractivity contribution in [2.24, 2.45) is 11.8 Å². The molecule has 4 rings (SSSR count). The largest absolute Gasteiger partial charge is 0.342 e. The number of benzene rings is 1. The van der Waals surface area contributed by atoms with Crippen molar-refractivity contribution in [1.82, 2.24) is 9.88 Å². The average Bonchev–Trinajstić information content (AvgIpc) is 3.17. The molecule has 2 saturated heterocycles. The number of aryl methyl sites for hydroxylation is 1. The summed E-state index contributed by atoms with van der Waals surface area (Å²) in [7, 11) is 0. The first-order chi connectivity index (χ1) is 14.9. The molecule has 1 aromatic heterocycles. The molecule has 0 aliphatic carbocycles. The second kappa shape index (κ2) is 9.06. The van der Waals surface area contributed by atoms with Gasteiger partial charge >= 0.3 is 0 Å². The quantitative estimate of drug-likeness (QED) is 0.790. The summed E-state index contributed by atoms with van der Waals surface area (Å²) in [6, 6.07) is 11.1. The molecule has 3 heterocycles. The van der Waals surface area contributed by atoms with Gasteiger partial charge in [0.2, 0.25) is 17.7 Å². The van der Waals surface area contributed by atoms with Crippen LogP contribution in [-0.2, 0) is 14.4 Å². The number of anilines is 2. The maximum atomic E-state index is 13.0. The lowest BCUT2D eigenvalue weighted by Gasteiger charge is -2.32. The van der Waals surface area contributed by atoms with E-state index in [0.717, 1.165) is 11.3 Å². The number of amides is 3. The van der Waals surface area contributed by atoms with Crippen molar-refractivity contribution < 1.29 is 14.4 Å². The highest BCUT2D eigenvalue weighted by atomic mass is 35.5. The van der Waals surface area contributed by atoms with Crippen LogP contribution in [0.3, 0.4) is 0 Å². The Morgan fingerprint density at radius 3 is 2.42 bits per heavy atom. The standard InChI is InChI=1S/C23H25ClN4O3/c1-15-2-5-19(6-3-15)28-14-17(12-21(28)29)23(31)27-10-8-16(9-11-27)22(30)26-20-7-4-18(24)13-25-20/h2-7,13,16-17H,8-12,14H2,1H3,(H,25,26,30). The molecule has 1 N–H and O–H groups in total. The molecular formula is C23H25ClN4O3. The Balaban J connectivity index is 1.30. The molecule has 0 bridgehead atoms. The van der Waals surface area contributed by atoms with E-state index >= 15 is 0 Å². The molecule has 2 fully saturated rings. The van der Waals surface area contributed by atoms with Crippen molar-refractivity contribution in [3.05, 3.63) is 53.2 Å². The minimum Gasteiger partial charge on any atom is -0.342 e. The van der Waals surface area contributed by atoms with Gasteiger partial charge in [-0.15, -0.1) is 0 Å². The maximum absolute atomic E-state index is 13.0. The minimum atomic E-state index is -0.336. The lowest BCUT2D eigenvalue weighted by atomic mass is 9.94. The Kier molecular flexibility index (Phi) is 6.23. The van der Waals surface area contributed by atoms with Crippen LogP contribution in [0.4, 0.5) is 11.5 Å². The molecule has 0 spiro atoms. The first-order valence-electron chi connectivity index (χ1n) is 10.5. The van der Waals surface area contributed by atoms with Crippen LogP contribution in [0.5, 0.6) is 0 Å². The lowest BCUT2D eigenvalue weighted by molar-refractivity contribution is -0.138. The number of hydrogen-bond acceptors (Lipinski definition) is 4. The van der Waals surface area contributed by atoms with Gasteiger partial charge in [-0.25, -0.2) is 4.98 Å². The summed E-state index contributed by atoms with van der Waals surface area (Å²) in [4.78, 5) is 45.6. The topological polar surface area (TPSA) is 82.6 Å². The van der Waals surface area contributed by atoms with E-state index in [2.05, 4.69) is 10.3 Å². The number of halogens is 1. The second-order valence-electron chi connectivity index (χ2n) is 8.19. The monoisotopic (exact) mass is 440 g/mol. The summed E-state index contributed by atoms with van der Waals surface area (Å²) in [5, 5.41) is 3.32. The number of nitrogens with zero attached hydrogens (tertiary/aromatic N) is 3. The van der Waals surface area contributed by atoms with Crippen molar-refractivity contribution >= 4 is 40.8 Å². The van der Waals surface area contributed by atoms with Crippen molar-refractivity contribution in [3.8, 4) is 0 Å². The van der Waals surface area contributed by atoms with E-state index in [1.54, 1.807) is 21.9 Å². The van der Waals surface area contributed by atoms with E-state index in [1.807, 2.05) is 31.2 Å². The molecule has 1 aromatic carbocycles. The van der Waals surface area contributed by atoms with E-state index in [9.17, 15) is 14.4 Å². The molecule has 162 valence electrons.